The van der Waals surface area contributed by atoms with Crippen molar-refractivity contribution < 1.29 is 28.2 Å². The van der Waals surface area contributed by atoms with Crippen molar-refractivity contribution in [3.05, 3.63) is 12.1 Å². The smallest absolute Gasteiger partial charge is 0.319 e. The molecule has 0 saturated heterocycles. The minimum atomic E-state index is -0.404. The summed E-state index contributed by atoms with van der Waals surface area (Å²) < 4.78 is 26.3. The fraction of sp³-hybridized carbons (Fsp3) is 0.438. The summed E-state index contributed by atoms with van der Waals surface area (Å²) >= 11 is 1.16. The third-order valence-corrected chi connectivity index (χ3v) is 4.57. The number of aromatic nitrogens is 2. The van der Waals surface area contributed by atoms with Crippen LogP contribution in [0.3, 0.4) is 0 Å². The first-order chi connectivity index (χ1) is 12.1. The van der Waals surface area contributed by atoms with Crippen LogP contribution in [0.25, 0.3) is 11.5 Å². The van der Waals surface area contributed by atoms with E-state index in [0.29, 0.717) is 29.2 Å². The van der Waals surface area contributed by atoms with Crippen molar-refractivity contribution >= 4 is 17.7 Å². The molecule has 0 saturated carbocycles. The molecule has 0 bridgehead atoms. The fourth-order valence-electron chi connectivity index (χ4n) is 2.13. The zero-order valence-electron chi connectivity index (χ0n) is 14.7. The number of methoxy groups -OCH3 is 4. The number of hydrogen-bond donors (Lipinski definition) is 0. The van der Waals surface area contributed by atoms with Gasteiger partial charge in [-0.1, -0.05) is 18.7 Å². The van der Waals surface area contributed by atoms with E-state index in [2.05, 4.69) is 10.2 Å². The lowest BCUT2D eigenvalue weighted by Gasteiger charge is -2.12. The van der Waals surface area contributed by atoms with Crippen LogP contribution in [0.5, 0.6) is 17.2 Å². The molecule has 0 amide bonds. The van der Waals surface area contributed by atoms with E-state index in [1.165, 1.54) is 28.4 Å². The van der Waals surface area contributed by atoms with Gasteiger partial charge in [-0.15, -0.1) is 10.2 Å². The molecule has 1 heterocycles. The van der Waals surface area contributed by atoms with Crippen LogP contribution in [-0.2, 0) is 9.53 Å². The van der Waals surface area contributed by atoms with E-state index in [1.807, 2.05) is 6.92 Å². The lowest BCUT2D eigenvalue weighted by Crippen LogP contribution is -2.17. The largest absolute Gasteiger partial charge is 0.493 e. The Bertz CT molecular complexity index is 708. The highest BCUT2D eigenvalue weighted by Crippen LogP contribution is 2.41. The second-order valence-electron chi connectivity index (χ2n) is 4.83. The van der Waals surface area contributed by atoms with Gasteiger partial charge in [0.1, 0.15) is 5.25 Å². The molecule has 1 unspecified atom stereocenters. The maximum atomic E-state index is 11.7. The molecule has 9 heteroatoms. The van der Waals surface area contributed by atoms with Crippen LogP contribution in [0.1, 0.15) is 13.3 Å². The molecule has 136 valence electrons. The summed E-state index contributed by atoms with van der Waals surface area (Å²) in [4.78, 5) is 11.7. The maximum absolute atomic E-state index is 11.7. The van der Waals surface area contributed by atoms with Gasteiger partial charge in [-0.25, -0.2) is 0 Å². The summed E-state index contributed by atoms with van der Waals surface area (Å²) in [7, 11) is 5.93. The summed E-state index contributed by atoms with van der Waals surface area (Å²) in [6.07, 6.45) is 0.583. The third kappa shape index (κ3) is 4.16. The summed E-state index contributed by atoms with van der Waals surface area (Å²) in [6.45, 7) is 1.88. The van der Waals surface area contributed by atoms with Gasteiger partial charge in [0.2, 0.25) is 11.6 Å². The molecule has 0 spiro atoms. The molecule has 8 nitrogen and oxygen atoms in total. The van der Waals surface area contributed by atoms with E-state index in [-0.39, 0.29) is 17.1 Å². The van der Waals surface area contributed by atoms with Gasteiger partial charge >= 0.3 is 5.97 Å². The molecule has 0 aliphatic carbocycles. The monoisotopic (exact) mass is 368 g/mol. The van der Waals surface area contributed by atoms with Crippen molar-refractivity contribution in [1.82, 2.24) is 10.2 Å². The van der Waals surface area contributed by atoms with Crippen molar-refractivity contribution in [1.29, 1.82) is 0 Å². The summed E-state index contributed by atoms with van der Waals surface area (Å²) in [5, 5.41) is 7.87. The minimum Gasteiger partial charge on any atom is -0.493 e. The second kappa shape index (κ2) is 8.61. The van der Waals surface area contributed by atoms with Gasteiger partial charge in [0, 0.05) is 5.56 Å². The van der Waals surface area contributed by atoms with Gasteiger partial charge < -0.3 is 23.4 Å². The molecule has 1 atom stereocenters. The average molecular weight is 368 g/mol. The molecule has 1 aromatic carbocycles. The van der Waals surface area contributed by atoms with E-state index >= 15 is 0 Å². The lowest BCUT2D eigenvalue weighted by molar-refractivity contribution is -0.140. The number of thioether (sulfide) groups is 1. The number of rotatable bonds is 8. The van der Waals surface area contributed by atoms with Gasteiger partial charge in [-0.05, 0) is 18.6 Å². The Labute approximate surface area is 149 Å². The normalized spacial score (nSPS) is 11.7. The first-order valence-electron chi connectivity index (χ1n) is 7.46. The zero-order valence-corrected chi connectivity index (χ0v) is 15.5. The molecular weight excluding hydrogens is 348 g/mol. The van der Waals surface area contributed by atoms with E-state index in [9.17, 15) is 4.79 Å². The number of carbonyl (C=O) groups excluding carboxylic acids is 1. The number of esters is 1. The Hall–Kier alpha value is -2.42. The summed E-state index contributed by atoms with van der Waals surface area (Å²) in [5.74, 6) is 1.37. The highest BCUT2D eigenvalue weighted by Gasteiger charge is 2.23. The Morgan fingerprint density at radius 1 is 1.12 bits per heavy atom. The molecule has 0 fully saturated rings. The number of ether oxygens (including phenoxy) is 4. The molecule has 2 aromatic rings. The van der Waals surface area contributed by atoms with Crippen molar-refractivity contribution in [2.75, 3.05) is 28.4 Å². The molecule has 0 N–H and O–H groups in total. The van der Waals surface area contributed by atoms with Gasteiger partial charge in [0.15, 0.2) is 11.5 Å². The highest BCUT2D eigenvalue weighted by atomic mass is 32.2. The van der Waals surface area contributed by atoms with Crippen LogP contribution in [0.2, 0.25) is 0 Å². The van der Waals surface area contributed by atoms with Crippen LogP contribution in [-0.4, -0.2) is 49.9 Å². The number of benzene rings is 1. The average Bonchev–Trinajstić information content (AvgIpc) is 3.12. The number of nitrogens with zero attached hydrogens (tertiary/aromatic N) is 2. The number of hydrogen-bond acceptors (Lipinski definition) is 9. The van der Waals surface area contributed by atoms with Crippen molar-refractivity contribution in [2.24, 2.45) is 0 Å². The van der Waals surface area contributed by atoms with Gasteiger partial charge in [0.05, 0.1) is 28.4 Å². The van der Waals surface area contributed by atoms with E-state index < -0.39 is 5.25 Å². The molecule has 25 heavy (non-hydrogen) atoms. The van der Waals surface area contributed by atoms with Crippen LogP contribution in [0.4, 0.5) is 0 Å². The minimum absolute atomic E-state index is 0.279. The van der Waals surface area contributed by atoms with E-state index in [1.54, 1.807) is 12.1 Å². The van der Waals surface area contributed by atoms with Crippen molar-refractivity contribution in [3.63, 3.8) is 0 Å². The van der Waals surface area contributed by atoms with Crippen LogP contribution >= 0.6 is 11.8 Å². The van der Waals surface area contributed by atoms with E-state index in [4.69, 9.17) is 23.4 Å². The summed E-state index contributed by atoms with van der Waals surface area (Å²) in [5.41, 5.74) is 0.611. The van der Waals surface area contributed by atoms with Crippen molar-refractivity contribution in [3.8, 4) is 28.7 Å². The Morgan fingerprint density at radius 3 is 2.24 bits per heavy atom. The zero-order chi connectivity index (χ0) is 18.4. The Balaban J connectivity index is 2.31. The van der Waals surface area contributed by atoms with Gasteiger partial charge in [0.25, 0.3) is 5.22 Å². The molecular formula is C16H20N2O6S. The fourth-order valence-corrected chi connectivity index (χ4v) is 2.95. The van der Waals surface area contributed by atoms with Gasteiger partial charge in [-0.2, -0.15) is 0 Å². The second-order valence-corrected chi connectivity index (χ2v) is 5.98. The third-order valence-electron chi connectivity index (χ3n) is 3.40. The first kappa shape index (κ1) is 18.9. The van der Waals surface area contributed by atoms with Gasteiger partial charge in [-0.3, -0.25) is 4.79 Å². The van der Waals surface area contributed by atoms with E-state index in [0.717, 1.165) is 11.8 Å². The molecule has 0 radical (unpaired) electrons. The molecule has 1 aromatic heterocycles. The van der Waals surface area contributed by atoms with Crippen LogP contribution in [0.15, 0.2) is 21.8 Å². The van der Waals surface area contributed by atoms with Crippen LogP contribution < -0.4 is 14.2 Å². The highest BCUT2D eigenvalue weighted by molar-refractivity contribution is 8.00. The topological polar surface area (TPSA) is 92.9 Å². The lowest BCUT2D eigenvalue weighted by atomic mass is 10.2. The Kier molecular flexibility index (Phi) is 6.51. The SMILES string of the molecule is CCC(Sc1nnc(-c2cc(OC)c(OC)c(OC)c2)o1)C(=O)OC. The van der Waals surface area contributed by atoms with Crippen LogP contribution in [0, 0.1) is 0 Å². The first-order valence-corrected chi connectivity index (χ1v) is 8.34. The molecule has 0 aliphatic heterocycles. The molecule has 2 rings (SSSR count). The number of carbonyl (C=O) groups is 1. The predicted octanol–water partition coefficient (Wildman–Crippen LogP) is 2.81. The Morgan fingerprint density at radius 2 is 1.76 bits per heavy atom. The van der Waals surface area contributed by atoms with Crippen molar-refractivity contribution in [2.45, 2.75) is 23.8 Å². The summed E-state index contributed by atoms with van der Waals surface area (Å²) in [6, 6.07) is 3.42. The maximum Gasteiger partial charge on any atom is 0.319 e. The quantitative estimate of drug-likeness (QED) is 0.515. The molecule has 0 aliphatic rings. The predicted molar refractivity (Wildman–Crippen MR) is 91.3 cm³/mol. The standard InChI is InChI=1S/C16H20N2O6S/c1-6-12(15(19)23-5)25-16-18-17-14(24-16)9-7-10(20-2)13(22-4)11(8-9)21-3/h7-8,12H,6H2,1-5H3.